The maximum atomic E-state index is 12.2. The molecule has 4 nitrogen and oxygen atoms in total. The molecule has 0 aliphatic carbocycles. The summed E-state index contributed by atoms with van der Waals surface area (Å²) in [5.41, 5.74) is 1.03. The van der Waals surface area contributed by atoms with Crippen molar-refractivity contribution < 1.29 is 8.42 Å². The Morgan fingerprint density at radius 3 is 2.90 bits per heavy atom. The second-order valence-corrected chi connectivity index (χ2v) is 9.61. The molecule has 1 fully saturated rings. The lowest BCUT2D eigenvalue weighted by Crippen LogP contribution is -2.29. The smallest absolute Gasteiger partial charge is 0.250 e. The zero-order chi connectivity index (χ0) is 14.6. The molecule has 0 saturated carbocycles. The van der Waals surface area contributed by atoms with Gasteiger partial charge in [-0.25, -0.2) is 13.1 Å². The number of rotatable bonds is 7. The van der Waals surface area contributed by atoms with Crippen molar-refractivity contribution in [3.05, 3.63) is 17.0 Å². The summed E-state index contributed by atoms with van der Waals surface area (Å²) in [6.45, 7) is 5.41. The molecular formula is C13H22N2O2S3. The van der Waals surface area contributed by atoms with E-state index in [-0.39, 0.29) is 0 Å². The third kappa shape index (κ3) is 4.73. The van der Waals surface area contributed by atoms with Gasteiger partial charge < -0.3 is 5.32 Å². The van der Waals surface area contributed by atoms with Gasteiger partial charge in [0.2, 0.25) is 10.0 Å². The Kier molecular flexibility index (Phi) is 5.92. The van der Waals surface area contributed by atoms with E-state index in [9.17, 15) is 8.42 Å². The quantitative estimate of drug-likeness (QED) is 0.804. The molecule has 2 heterocycles. The Hall–Kier alpha value is -0.0800. The van der Waals surface area contributed by atoms with Crippen molar-refractivity contribution in [2.45, 2.75) is 48.7 Å². The van der Waals surface area contributed by atoms with Gasteiger partial charge in [0.05, 0.1) is 0 Å². The second kappa shape index (κ2) is 7.26. The third-order valence-electron chi connectivity index (χ3n) is 3.13. The van der Waals surface area contributed by atoms with Crippen molar-refractivity contribution in [3.63, 3.8) is 0 Å². The first-order valence-corrected chi connectivity index (χ1v) is 10.3. The van der Waals surface area contributed by atoms with Gasteiger partial charge in [-0.2, -0.15) is 11.8 Å². The summed E-state index contributed by atoms with van der Waals surface area (Å²) in [6.07, 6.45) is 2.31. The topological polar surface area (TPSA) is 58.2 Å². The molecule has 114 valence electrons. The predicted molar refractivity (Wildman–Crippen MR) is 87.0 cm³/mol. The third-order valence-corrected chi connectivity index (χ3v) is 7.44. The van der Waals surface area contributed by atoms with Crippen molar-refractivity contribution in [1.29, 1.82) is 0 Å². The van der Waals surface area contributed by atoms with Gasteiger partial charge in [-0.15, -0.1) is 11.3 Å². The van der Waals surface area contributed by atoms with E-state index in [4.69, 9.17) is 0 Å². The molecule has 1 atom stereocenters. The molecule has 0 amide bonds. The van der Waals surface area contributed by atoms with Gasteiger partial charge >= 0.3 is 0 Å². The number of thioether (sulfide) groups is 1. The van der Waals surface area contributed by atoms with Gasteiger partial charge in [0, 0.05) is 24.4 Å². The number of thiophene rings is 1. The summed E-state index contributed by atoms with van der Waals surface area (Å²) < 4.78 is 27.6. The molecule has 0 spiro atoms. The van der Waals surface area contributed by atoms with Gasteiger partial charge in [-0.05, 0) is 35.6 Å². The summed E-state index contributed by atoms with van der Waals surface area (Å²) in [5, 5.41) is 5.64. The fraction of sp³-hybridized carbons (Fsp3) is 0.692. The normalized spacial score (nSPS) is 19.9. The van der Waals surface area contributed by atoms with Crippen molar-refractivity contribution in [2.24, 2.45) is 0 Å². The van der Waals surface area contributed by atoms with Crippen LogP contribution in [0.4, 0.5) is 0 Å². The van der Waals surface area contributed by atoms with Crippen LogP contribution in [0.25, 0.3) is 0 Å². The molecule has 0 aromatic carbocycles. The highest BCUT2D eigenvalue weighted by Crippen LogP contribution is 2.26. The molecule has 1 aromatic rings. The second-order valence-electron chi connectivity index (χ2n) is 5.30. The Morgan fingerprint density at radius 2 is 2.25 bits per heavy atom. The largest absolute Gasteiger partial charge is 0.310 e. The first-order valence-electron chi connectivity index (χ1n) is 6.89. The van der Waals surface area contributed by atoms with E-state index < -0.39 is 10.0 Å². The van der Waals surface area contributed by atoms with E-state index in [1.165, 1.54) is 17.8 Å². The van der Waals surface area contributed by atoms with Crippen molar-refractivity contribution >= 4 is 33.1 Å². The van der Waals surface area contributed by atoms with Crippen molar-refractivity contribution in [2.75, 3.05) is 12.3 Å². The van der Waals surface area contributed by atoms with Gasteiger partial charge in [0.1, 0.15) is 4.21 Å². The molecule has 2 rings (SSSR count). The summed E-state index contributed by atoms with van der Waals surface area (Å²) >= 11 is 3.15. The number of nitrogens with one attached hydrogen (secondary N) is 2. The lowest BCUT2D eigenvalue weighted by molar-refractivity contribution is 0.580. The molecule has 1 aliphatic rings. The number of hydrogen-bond acceptors (Lipinski definition) is 5. The molecule has 1 saturated heterocycles. The molecular weight excluding hydrogens is 312 g/mol. The van der Waals surface area contributed by atoms with Crippen LogP contribution in [0.5, 0.6) is 0 Å². The molecule has 0 bridgehead atoms. The Bertz CT molecular complexity index is 519. The number of hydrogen-bond donors (Lipinski definition) is 2. The Labute approximate surface area is 129 Å². The molecule has 7 heteroatoms. The number of sulfonamides is 1. The molecule has 1 unspecified atom stereocenters. The van der Waals surface area contributed by atoms with Crippen molar-refractivity contribution in [1.82, 2.24) is 10.0 Å². The minimum atomic E-state index is -3.34. The first-order chi connectivity index (χ1) is 9.47. The highest BCUT2D eigenvalue weighted by Gasteiger charge is 2.21. The van der Waals surface area contributed by atoms with Crippen LogP contribution in [0.2, 0.25) is 0 Å². The summed E-state index contributed by atoms with van der Waals surface area (Å²) in [5.74, 6) is 1.15. The van der Waals surface area contributed by atoms with Crippen LogP contribution in [0.3, 0.4) is 0 Å². The maximum Gasteiger partial charge on any atom is 0.250 e. The van der Waals surface area contributed by atoms with E-state index in [2.05, 4.69) is 23.9 Å². The van der Waals surface area contributed by atoms with Crippen LogP contribution in [-0.4, -0.2) is 32.0 Å². The van der Waals surface area contributed by atoms with Gasteiger partial charge in [-0.1, -0.05) is 13.8 Å². The van der Waals surface area contributed by atoms with Crippen LogP contribution in [0.1, 0.15) is 32.3 Å². The fourth-order valence-corrected chi connectivity index (χ4v) is 5.63. The van der Waals surface area contributed by atoms with E-state index in [1.54, 1.807) is 6.07 Å². The highest BCUT2D eigenvalue weighted by atomic mass is 32.2. The van der Waals surface area contributed by atoms with Crippen LogP contribution in [-0.2, 0) is 16.6 Å². The molecule has 1 aliphatic heterocycles. The van der Waals surface area contributed by atoms with Crippen LogP contribution >= 0.6 is 23.1 Å². The maximum absolute atomic E-state index is 12.2. The Morgan fingerprint density at radius 1 is 1.45 bits per heavy atom. The standard InChI is InChI=1S/C13H22N2O2S3/c1-10(2)14-7-11-6-13(19-9-11)20(16,17)15-8-12-4-3-5-18-12/h6,9-10,12,14-15H,3-5,7-8H2,1-2H3. The van der Waals surface area contributed by atoms with Crippen LogP contribution in [0.15, 0.2) is 15.7 Å². The fourth-order valence-electron chi connectivity index (χ4n) is 1.99. The highest BCUT2D eigenvalue weighted by molar-refractivity contribution is 8.00. The predicted octanol–water partition coefficient (Wildman–Crippen LogP) is 2.42. The summed E-state index contributed by atoms with van der Waals surface area (Å²) in [7, 11) is -3.34. The average Bonchev–Trinajstić information content (AvgIpc) is 3.05. The van der Waals surface area contributed by atoms with E-state index >= 15 is 0 Å². The van der Waals surface area contributed by atoms with Crippen molar-refractivity contribution in [3.8, 4) is 0 Å². The van der Waals surface area contributed by atoms with Crippen LogP contribution in [0, 0.1) is 0 Å². The SMILES string of the molecule is CC(C)NCc1csc(S(=O)(=O)NCC2CCCS2)c1. The molecule has 20 heavy (non-hydrogen) atoms. The molecule has 0 radical (unpaired) electrons. The first kappa shape index (κ1) is 16.3. The van der Waals surface area contributed by atoms with Gasteiger partial charge in [0.25, 0.3) is 0 Å². The summed E-state index contributed by atoms with van der Waals surface area (Å²) in [6, 6.07) is 2.16. The van der Waals surface area contributed by atoms with Crippen LogP contribution < -0.4 is 10.0 Å². The Balaban J connectivity index is 1.91. The molecule has 1 aromatic heterocycles. The average molecular weight is 335 g/mol. The van der Waals surface area contributed by atoms with E-state index in [0.717, 1.165) is 17.7 Å². The minimum absolute atomic E-state index is 0.396. The zero-order valence-electron chi connectivity index (χ0n) is 11.9. The zero-order valence-corrected chi connectivity index (χ0v) is 14.3. The lowest BCUT2D eigenvalue weighted by Gasteiger charge is -2.09. The van der Waals surface area contributed by atoms with E-state index in [1.807, 2.05) is 17.1 Å². The minimum Gasteiger partial charge on any atom is -0.310 e. The van der Waals surface area contributed by atoms with Gasteiger partial charge in [0.15, 0.2) is 0 Å². The summed E-state index contributed by atoms with van der Waals surface area (Å²) in [4.78, 5) is 0. The lowest BCUT2D eigenvalue weighted by atomic mass is 10.2. The molecule has 2 N–H and O–H groups in total. The monoisotopic (exact) mass is 334 g/mol. The van der Waals surface area contributed by atoms with Gasteiger partial charge in [-0.3, -0.25) is 0 Å². The van der Waals surface area contributed by atoms with E-state index in [0.29, 0.717) is 28.6 Å².